The molecule has 0 bridgehead atoms. The maximum Gasteiger partial charge on any atom is 0.219 e. The molecule has 0 aliphatic heterocycles. The molecule has 186 valence electrons. The van der Waals surface area contributed by atoms with E-state index >= 15 is 0 Å². The van der Waals surface area contributed by atoms with Crippen LogP contribution in [0.2, 0.25) is 5.02 Å². The van der Waals surface area contributed by atoms with E-state index in [1.54, 1.807) is 0 Å². The lowest BCUT2D eigenvalue weighted by Gasteiger charge is -2.26. The van der Waals surface area contributed by atoms with E-state index in [1.807, 2.05) is 48.5 Å². The zero-order valence-corrected chi connectivity index (χ0v) is 21.9. The lowest BCUT2D eigenvalue weighted by Crippen LogP contribution is -2.44. The van der Waals surface area contributed by atoms with E-state index in [0.717, 1.165) is 47.5 Å². The summed E-state index contributed by atoms with van der Waals surface area (Å²) in [4.78, 5) is 14.0. The highest BCUT2D eigenvalue weighted by molar-refractivity contribution is 6.30. The van der Waals surface area contributed by atoms with Gasteiger partial charge in [0.25, 0.3) is 0 Å². The van der Waals surface area contributed by atoms with Crippen LogP contribution in [0.15, 0.2) is 121 Å². The Bertz CT molecular complexity index is 1560. The number of aromatic nitrogens is 1. The average Bonchev–Trinajstić information content (AvgIpc) is 2.98. The molecule has 1 heterocycles. The van der Waals surface area contributed by atoms with Crippen molar-refractivity contribution in [2.45, 2.75) is 31.6 Å². The van der Waals surface area contributed by atoms with Crippen LogP contribution >= 0.6 is 11.6 Å². The van der Waals surface area contributed by atoms with Gasteiger partial charge >= 0.3 is 0 Å². The number of pyridine rings is 1. The van der Waals surface area contributed by atoms with Crippen LogP contribution in [0, 0.1) is 0 Å². The molecule has 0 spiro atoms. The Kier molecular flexibility index (Phi) is 6.90. The van der Waals surface area contributed by atoms with E-state index in [9.17, 15) is 4.79 Å². The van der Waals surface area contributed by atoms with E-state index in [4.69, 9.17) is 11.6 Å². The van der Waals surface area contributed by atoms with Crippen molar-refractivity contribution >= 4 is 17.4 Å². The summed E-state index contributed by atoms with van der Waals surface area (Å²) < 4.78 is 2.32. The predicted octanol–water partition coefficient (Wildman–Crippen LogP) is 8.18. The topological polar surface area (TPSA) is 20.9 Å². The second-order valence-electron chi connectivity index (χ2n) is 9.92. The molecule has 0 saturated carbocycles. The van der Waals surface area contributed by atoms with Gasteiger partial charge in [0.15, 0.2) is 5.78 Å². The number of nitrogens with zero attached hydrogens (tertiary/aromatic N) is 1. The minimum absolute atomic E-state index is 0.194. The summed E-state index contributed by atoms with van der Waals surface area (Å²) in [6, 6.07) is 41.4. The van der Waals surface area contributed by atoms with Gasteiger partial charge in [-0.2, -0.15) is 4.57 Å². The third-order valence-electron chi connectivity index (χ3n) is 7.50. The van der Waals surface area contributed by atoms with Gasteiger partial charge in [-0.05, 0) is 60.2 Å². The standard InChI is InChI=1S/C35H29ClNO/c36-28-19-21-29(22-20-28)37-33(27-15-8-3-9-16-27)24-32(26-13-6-2-7-14-26)30-17-10-18-31(35(30)37)34(38)23-25-11-4-1-5-12-25/h1-9,11-16,19-22,24,31H,10,17-18,23H2/q+1. The Balaban J connectivity index is 1.64. The van der Waals surface area contributed by atoms with E-state index in [2.05, 4.69) is 77.4 Å². The summed E-state index contributed by atoms with van der Waals surface area (Å²) in [7, 11) is 0. The summed E-state index contributed by atoms with van der Waals surface area (Å²) in [5.41, 5.74) is 9.03. The lowest BCUT2D eigenvalue weighted by atomic mass is 9.78. The van der Waals surface area contributed by atoms with E-state index in [-0.39, 0.29) is 11.7 Å². The van der Waals surface area contributed by atoms with Crippen molar-refractivity contribution in [1.82, 2.24) is 0 Å². The van der Waals surface area contributed by atoms with E-state index in [0.29, 0.717) is 11.4 Å². The molecule has 0 N–H and O–H groups in total. The highest BCUT2D eigenvalue weighted by Crippen LogP contribution is 2.39. The highest BCUT2D eigenvalue weighted by atomic mass is 35.5. The van der Waals surface area contributed by atoms with Gasteiger partial charge in [0.1, 0.15) is 5.92 Å². The Morgan fingerprint density at radius 1 is 0.763 bits per heavy atom. The molecule has 5 aromatic rings. The number of ketones is 1. The van der Waals surface area contributed by atoms with Crippen LogP contribution in [0.4, 0.5) is 0 Å². The van der Waals surface area contributed by atoms with Crippen molar-refractivity contribution in [2.24, 2.45) is 0 Å². The molecule has 0 saturated heterocycles. The first-order valence-corrected chi connectivity index (χ1v) is 13.6. The summed E-state index contributed by atoms with van der Waals surface area (Å²) in [5.74, 6) is 0.0739. The first-order valence-electron chi connectivity index (χ1n) is 13.2. The van der Waals surface area contributed by atoms with Crippen molar-refractivity contribution in [3.63, 3.8) is 0 Å². The van der Waals surface area contributed by atoms with Crippen molar-refractivity contribution in [3.8, 4) is 28.1 Å². The normalized spacial score (nSPS) is 14.6. The minimum Gasteiger partial charge on any atom is -0.298 e. The Hall–Kier alpha value is -4.01. The fourth-order valence-electron chi connectivity index (χ4n) is 5.74. The number of hydrogen-bond acceptors (Lipinski definition) is 1. The maximum absolute atomic E-state index is 14.0. The van der Waals surface area contributed by atoms with Crippen molar-refractivity contribution in [2.75, 3.05) is 0 Å². The second-order valence-corrected chi connectivity index (χ2v) is 10.4. The summed E-state index contributed by atoms with van der Waals surface area (Å²) >= 11 is 6.31. The van der Waals surface area contributed by atoms with Crippen LogP contribution in [0.1, 0.15) is 35.6 Å². The number of halogens is 1. The monoisotopic (exact) mass is 514 g/mol. The lowest BCUT2D eigenvalue weighted by molar-refractivity contribution is -0.594. The quantitative estimate of drug-likeness (QED) is 0.209. The molecule has 1 aromatic heterocycles. The van der Waals surface area contributed by atoms with Gasteiger partial charge in [-0.1, -0.05) is 90.5 Å². The van der Waals surface area contributed by atoms with Gasteiger partial charge in [-0.3, -0.25) is 4.79 Å². The van der Waals surface area contributed by atoms with Crippen LogP contribution in [-0.4, -0.2) is 5.78 Å². The van der Waals surface area contributed by atoms with Crippen LogP contribution < -0.4 is 4.57 Å². The molecular formula is C35H29ClNO+. The zero-order valence-electron chi connectivity index (χ0n) is 21.2. The van der Waals surface area contributed by atoms with Crippen LogP contribution in [0.3, 0.4) is 0 Å². The highest BCUT2D eigenvalue weighted by Gasteiger charge is 2.39. The van der Waals surface area contributed by atoms with Crippen molar-refractivity contribution < 1.29 is 9.36 Å². The molecular weight excluding hydrogens is 486 g/mol. The molecule has 38 heavy (non-hydrogen) atoms. The number of hydrogen-bond donors (Lipinski definition) is 0. The molecule has 6 rings (SSSR count). The fourth-order valence-corrected chi connectivity index (χ4v) is 5.86. The third-order valence-corrected chi connectivity index (χ3v) is 7.75. The van der Waals surface area contributed by atoms with Crippen LogP contribution in [-0.2, 0) is 17.6 Å². The fraction of sp³-hybridized carbons (Fsp3) is 0.143. The summed E-state index contributed by atoms with van der Waals surface area (Å²) in [6.45, 7) is 0. The summed E-state index contributed by atoms with van der Waals surface area (Å²) in [6.07, 6.45) is 3.21. The van der Waals surface area contributed by atoms with Crippen molar-refractivity contribution in [1.29, 1.82) is 0 Å². The molecule has 1 unspecified atom stereocenters. The maximum atomic E-state index is 14.0. The average molecular weight is 515 g/mol. The predicted molar refractivity (Wildman–Crippen MR) is 155 cm³/mol. The molecule has 2 nitrogen and oxygen atoms in total. The molecule has 1 aliphatic rings. The first kappa shape index (κ1) is 24.3. The van der Waals surface area contributed by atoms with Gasteiger partial charge in [0, 0.05) is 40.8 Å². The number of rotatable bonds is 6. The van der Waals surface area contributed by atoms with Gasteiger partial charge in [0.05, 0.1) is 0 Å². The van der Waals surface area contributed by atoms with Gasteiger partial charge in [0.2, 0.25) is 17.1 Å². The zero-order chi connectivity index (χ0) is 25.9. The molecule has 1 atom stereocenters. The van der Waals surface area contributed by atoms with E-state index in [1.165, 1.54) is 16.7 Å². The molecule has 1 aliphatic carbocycles. The Labute approximate surface area is 229 Å². The minimum atomic E-state index is -0.194. The van der Waals surface area contributed by atoms with Crippen molar-refractivity contribution in [3.05, 3.63) is 143 Å². The Morgan fingerprint density at radius 3 is 2.03 bits per heavy atom. The molecule has 0 fully saturated rings. The Morgan fingerprint density at radius 2 is 1.37 bits per heavy atom. The number of Topliss-reactive ketones (excluding diaryl/α,β-unsaturated/α-hetero) is 1. The molecule has 0 amide bonds. The number of fused-ring (bicyclic) bond motifs is 1. The second kappa shape index (κ2) is 10.8. The van der Waals surface area contributed by atoms with Gasteiger partial charge < -0.3 is 0 Å². The summed E-state index contributed by atoms with van der Waals surface area (Å²) in [5, 5.41) is 0.696. The third kappa shape index (κ3) is 4.80. The molecule has 3 heteroatoms. The van der Waals surface area contributed by atoms with Crippen LogP contribution in [0.5, 0.6) is 0 Å². The van der Waals surface area contributed by atoms with Crippen LogP contribution in [0.25, 0.3) is 28.1 Å². The van der Waals surface area contributed by atoms with Gasteiger partial charge in [-0.25, -0.2) is 0 Å². The number of carbonyl (C=O) groups excluding carboxylic acids is 1. The molecule has 4 aromatic carbocycles. The SMILES string of the molecule is O=C(Cc1ccccc1)C1CCCc2c(-c3ccccc3)cc(-c3ccccc3)[n+](-c3ccc(Cl)cc3)c21. The largest absolute Gasteiger partial charge is 0.298 e. The number of carbonyl (C=O) groups is 1. The molecule has 0 radical (unpaired) electrons. The number of benzene rings is 4. The first-order chi connectivity index (χ1) is 18.7. The van der Waals surface area contributed by atoms with Gasteiger partial charge in [-0.15, -0.1) is 0 Å². The van der Waals surface area contributed by atoms with E-state index < -0.39 is 0 Å². The smallest absolute Gasteiger partial charge is 0.219 e.